The number of hydrogen-bond acceptors (Lipinski definition) is 4. The van der Waals surface area contributed by atoms with E-state index in [1.54, 1.807) is 31.4 Å². The minimum Gasteiger partial charge on any atom is -0.497 e. The molecule has 0 bridgehead atoms. The van der Waals surface area contributed by atoms with E-state index in [1.165, 1.54) is 36.4 Å². The molecule has 3 aromatic rings. The van der Waals surface area contributed by atoms with Gasteiger partial charge in [0, 0.05) is 5.56 Å². The van der Waals surface area contributed by atoms with Gasteiger partial charge < -0.3 is 9.47 Å². The van der Waals surface area contributed by atoms with Gasteiger partial charge in [-0.2, -0.15) is 0 Å². The summed E-state index contributed by atoms with van der Waals surface area (Å²) in [5.74, 6) is -0.671. The van der Waals surface area contributed by atoms with E-state index in [9.17, 15) is 14.0 Å². The summed E-state index contributed by atoms with van der Waals surface area (Å²) < 4.78 is 23.9. The van der Waals surface area contributed by atoms with Gasteiger partial charge in [-0.1, -0.05) is 30.3 Å². The lowest BCUT2D eigenvalue weighted by Gasteiger charge is -2.05. The number of benzene rings is 3. The lowest BCUT2D eigenvalue weighted by Crippen LogP contribution is -2.10. The van der Waals surface area contributed by atoms with E-state index < -0.39 is 11.8 Å². The number of allylic oxidation sites excluding steroid dienone is 1. The van der Waals surface area contributed by atoms with Crippen LogP contribution in [0, 0.1) is 5.82 Å². The fourth-order valence-electron chi connectivity index (χ4n) is 2.46. The Labute approximate surface area is 161 Å². The van der Waals surface area contributed by atoms with Crippen molar-refractivity contribution in [1.82, 2.24) is 0 Å². The molecule has 0 aromatic heterocycles. The summed E-state index contributed by atoms with van der Waals surface area (Å²) in [6, 6.07) is 19.0. The Balaban J connectivity index is 1.64. The van der Waals surface area contributed by atoms with Crippen LogP contribution in [0.15, 0.2) is 78.9 Å². The fourth-order valence-corrected chi connectivity index (χ4v) is 2.46. The second-order valence-corrected chi connectivity index (χ2v) is 5.86. The van der Waals surface area contributed by atoms with Crippen molar-refractivity contribution in [3.8, 4) is 11.5 Å². The molecular weight excluding hydrogens is 359 g/mol. The molecule has 0 aliphatic carbocycles. The van der Waals surface area contributed by atoms with E-state index in [0.29, 0.717) is 5.56 Å². The van der Waals surface area contributed by atoms with Crippen LogP contribution in [-0.2, 0) is 0 Å². The Morgan fingerprint density at radius 2 is 1.50 bits per heavy atom. The molecule has 28 heavy (non-hydrogen) atoms. The molecule has 0 radical (unpaired) electrons. The number of carbonyl (C=O) groups excluding carboxylic acids is 2. The number of rotatable bonds is 6. The average Bonchev–Trinajstić information content (AvgIpc) is 2.73. The van der Waals surface area contributed by atoms with Crippen molar-refractivity contribution in [3.05, 3.63) is 101 Å². The molecule has 4 nitrogen and oxygen atoms in total. The lowest BCUT2D eigenvalue weighted by molar-refractivity contribution is 0.0730. The fraction of sp³-hybridized carbons (Fsp3) is 0.0435. The standard InChI is InChI=1S/C23H17FO4/c1-27-18-11-6-16(7-12-18)8-15-22(25)17-9-13-19(14-10-17)28-23(26)20-4-2-3-5-21(20)24/h2-15H,1H3/b15-8+. The highest BCUT2D eigenvalue weighted by molar-refractivity contribution is 6.06. The van der Waals surface area contributed by atoms with Crippen LogP contribution in [0.1, 0.15) is 26.3 Å². The molecule has 0 fully saturated rings. The van der Waals surface area contributed by atoms with Crippen molar-refractivity contribution in [2.45, 2.75) is 0 Å². The molecule has 0 aliphatic heterocycles. The lowest BCUT2D eigenvalue weighted by atomic mass is 10.1. The van der Waals surface area contributed by atoms with Crippen LogP contribution in [0.5, 0.6) is 11.5 Å². The Bertz CT molecular complexity index is 1010. The van der Waals surface area contributed by atoms with E-state index in [2.05, 4.69) is 0 Å². The van der Waals surface area contributed by atoms with Crippen LogP contribution in [0.2, 0.25) is 0 Å². The van der Waals surface area contributed by atoms with E-state index in [0.717, 1.165) is 11.3 Å². The Morgan fingerprint density at radius 1 is 0.857 bits per heavy atom. The van der Waals surface area contributed by atoms with Crippen LogP contribution < -0.4 is 9.47 Å². The van der Waals surface area contributed by atoms with Crippen molar-refractivity contribution in [2.75, 3.05) is 7.11 Å². The maximum absolute atomic E-state index is 13.6. The first-order valence-electron chi connectivity index (χ1n) is 8.50. The SMILES string of the molecule is COc1ccc(/C=C/C(=O)c2ccc(OC(=O)c3ccccc3F)cc2)cc1. The largest absolute Gasteiger partial charge is 0.497 e. The highest BCUT2D eigenvalue weighted by atomic mass is 19.1. The highest BCUT2D eigenvalue weighted by Crippen LogP contribution is 2.17. The first-order valence-corrected chi connectivity index (χ1v) is 8.50. The van der Waals surface area contributed by atoms with Crippen LogP contribution in [-0.4, -0.2) is 18.9 Å². The first-order chi connectivity index (χ1) is 13.6. The number of carbonyl (C=O) groups is 2. The Morgan fingerprint density at radius 3 is 2.14 bits per heavy atom. The second kappa shape index (κ2) is 8.77. The molecule has 0 N–H and O–H groups in total. The number of ether oxygens (including phenoxy) is 2. The van der Waals surface area contributed by atoms with Crippen molar-refractivity contribution in [1.29, 1.82) is 0 Å². The van der Waals surface area contributed by atoms with Gasteiger partial charge in [0.05, 0.1) is 12.7 Å². The van der Waals surface area contributed by atoms with Crippen molar-refractivity contribution >= 4 is 17.8 Å². The van der Waals surface area contributed by atoms with Crippen LogP contribution in [0.3, 0.4) is 0 Å². The third-order valence-electron chi connectivity index (χ3n) is 3.99. The highest BCUT2D eigenvalue weighted by Gasteiger charge is 2.13. The van der Waals surface area contributed by atoms with E-state index in [-0.39, 0.29) is 17.1 Å². The number of hydrogen-bond donors (Lipinski definition) is 0. The molecule has 0 amide bonds. The van der Waals surface area contributed by atoms with Crippen molar-refractivity contribution in [2.24, 2.45) is 0 Å². The molecule has 0 atom stereocenters. The summed E-state index contributed by atoms with van der Waals surface area (Å²) in [5, 5.41) is 0. The van der Waals surface area contributed by atoms with Crippen LogP contribution >= 0.6 is 0 Å². The number of methoxy groups -OCH3 is 1. The van der Waals surface area contributed by atoms with Gasteiger partial charge in [0.15, 0.2) is 5.78 Å². The van der Waals surface area contributed by atoms with Crippen LogP contribution in [0.25, 0.3) is 6.08 Å². The third-order valence-corrected chi connectivity index (χ3v) is 3.99. The summed E-state index contributed by atoms with van der Waals surface area (Å²) in [7, 11) is 1.59. The predicted molar refractivity (Wildman–Crippen MR) is 104 cm³/mol. The van der Waals surface area contributed by atoms with Gasteiger partial charge in [-0.05, 0) is 60.2 Å². The van der Waals surface area contributed by atoms with Crippen molar-refractivity contribution < 1.29 is 23.5 Å². The molecule has 0 unspecified atom stereocenters. The molecule has 140 valence electrons. The molecule has 0 saturated heterocycles. The summed E-state index contributed by atoms with van der Waals surface area (Å²) >= 11 is 0. The normalized spacial score (nSPS) is 10.6. The molecular formula is C23H17FO4. The van der Waals surface area contributed by atoms with Gasteiger partial charge in [-0.15, -0.1) is 0 Å². The minimum atomic E-state index is -0.795. The van der Waals surface area contributed by atoms with Gasteiger partial charge in [0.25, 0.3) is 0 Å². The van der Waals surface area contributed by atoms with Crippen molar-refractivity contribution in [3.63, 3.8) is 0 Å². The minimum absolute atomic E-state index is 0.148. The van der Waals surface area contributed by atoms with E-state index >= 15 is 0 Å². The summed E-state index contributed by atoms with van der Waals surface area (Å²) in [6.45, 7) is 0. The molecule has 3 aromatic carbocycles. The van der Waals surface area contributed by atoms with Gasteiger partial charge in [0.2, 0.25) is 0 Å². The van der Waals surface area contributed by atoms with E-state index in [1.807, 2.05) is 24.3 Å². The monoisotopic (exact) mass is 376 g/mol. The number of ketones is 1. The molecule has 0 aliphatic rings. The number of esters is 1. The quantitative estimate of drug-likeness (QED) is 0.264. The van der Waals surface area contributed by atoms with Crippen LogP contribution in [0.4, 0.5) is 4.39 Å². The van der Waals surface area contributed by atoms with E-state index in [4.69, 9.17) is 9.47 Å². The zero-order valence-electron chi connectivity index (χ0n) is 15.1. The summed E-state index contributed by atoms with van der Waals surface area (Å²) in [5.41, 5.74) is 1.16. The zero-order valence-corrected chi connectivity index (χ0v) is 15.1. The molecule has 3 rings (SSSR count). The maximum Gasteiger partial charge on any atom is 0.346 e. The molecule has 5 heteroatoms. The van der Waals surface area contributed by atoms with Gasteiger partial charge in [-0.25, -0.2) is 9.18 Å². The summed E-state index contributed by atoms with van der Waals surface area (Å²) in [4.78, 5) is 24.3. The Kier molecular flexibility index (Phi) is 5.97. The predicted octanol–water partition coefficient (Wildman–Crippen LogP) is 4.95. The number of halogens is 1. The smallest absolute Gasteiger partial charge is 0.346 e. The first kappa shape index (κ1) is 19.0. The third kappa shape index (κ3) is 4.71. The summed E-state index contributed by atoms with van der Waals surface area (Å²) in [6.07, 6.45) is 3.16. The Hall–Kier alpha value is -3.73. The van der Waals surface area contributed by atoms with Gasteiger partial charge in [0.1, 0.15) is 17.3 Å². The molecule has 0 spiro atoms. The van der Waals surface area contributed by atoms with Gasteiger partial charge in [-0.3, -0.25) is 4.79 Å². The molecule has 0 heterocycles. The maximum atomic E-state index is 13.6. The van der Waals surface area contributed by atoms with Gasteiger partial charge >= 0.3 is 5.97 Å². The average molecular weight is 376 g/mol. The topological polar surface area (TPSA) is 52.6 Å². The zero-order chi connectivity index (χ0) is 19.9. The second-order valence-electron chi connectivity index (χ2n) is 5.86. The molecule has 0 saturated carbocycles.